The van der Waals surface area contributed by atoms with Crippen LogP contribution in [0.4, 0.5) is 4.79 Å². The standard InChI is InChI=1S/C13H23N3O3/c1-14-7-9-3-2-6-16(8-9)13(19)15-11(12(17)18)10-4-5-10/h9-11,14H,2-8H2,1H3,(H,15,19)(H,17,18). The van der Waals surface area contributed by atoms with Gasteiger partial charge in [0.2, 0.25) is 0 Å². The van der Waals surface area contributed by atoms with Crippen LogP contribution in [0.3, 0.4) is 0 Å². The first-order chi connectivity index (χ1) is 9.11. The molecule has 2 rings (SSSR count). The molecule has 0 aromatic rings. The minimum atomic E-state index is -0.917. The summed E-state index contributed by atoms with van der Waals surface area (Å²) in [5, 5.41) is 14.9. The maximum atomic E-state index is 12.1. The van der Waals surface area contributed by atoms with Gasteiger partial charge in [0.25, 0.3) is 0 Å². The third-order valence-corrected chi connectivity index (χ3v) is 3.94. The molecule has 1 heterocycles. The molecule has 1 saturated carbocycles. The van der Waals surface area contributed by atoms with Gasteiger partial charge in [0, 0.05) is 13.1 Å². The molecule has 108 valence electrons. The number of urea groups is 1. The Labute approximate surface area is 113 Å². The van der Waals surface area contributed by atoms with Crippen molar-refractivity contribution in [3.8, 4) is 0 Å². The second-order valence-electron chi connectivity index (χ2n) is 5.61. The quantitative estimate of drug-likeness (QED) is 0.678. The van der Waals surface area contributed by atoms with E-state index in [1.54, 1.807) is 4.90 Å². The molecule has 2 fully saturated rings. The Morgan fingerprint density at radius 1 is 1.37 bits per heavy atom. The molecule has 6 nitrogen and oxygen atoms in total. The molecule has 1 aliphatic carbocycles. The summed E-state index contributed by atoms with van der Waals surface area (Å²) in [6.07, 6.45) is 3.91. The van der Waals surface area contributed by atoms with Crippen molar-refractivity contribution in [2.24, 2.45) is 11.8 Å². The van der Waals surface area contributed by atoms with Crippen LogP contribution >= 0.6 is 0 Å². The van der Waals surface area contributed by atoms with Crippen LogP contribution < -0.4 is 10.6 Å². The number of carboxylic acid groups (broad SMARTS) is 1. The van der Waals surface area contributed by atoms with Crippen LogP contribution in [-0.2, 0) is 4.79 Å². The smallest absolute Gasteiger partial charge is 0.326 e. The normalized spacial score (nSPS) is 24.9. The highest BCUT2D eigenvalue weighted by atomic mass is 16.4. The molecule has 2 amide bonds. The number of nitrogens with zero attached hydrogens (tertiary/aromatic N) is 1. The zero-order valence-corrected chi connectivity index (χ0v) is 11.4. The topological polar surface area (TPSA) is 81.7 Å². The van der Waals surface area contributed by atoms with Gasteiger partial charge in [0.1, 0.15) is 6.04 Å². The van der Waals surface area contributed by atoms with Crippen LogP contribution in [0.25, 0.3) is 0 Å². The number of amides is 2. The molecule has 19 heavy (non-hydrogen) atoms. The summed E-state index contributed by atoms with van der Waals surface area (Å²) < 4.78 is 0. The van der Waals surface area contributed by atoms with Crippen LogP contribution in [0.2, 0.25) is 0 Å². The number of likely N-dealkylation sites (tertiary alicyclic amines) is 1. The fourth-order valence-corrected chi connectivity index (χ4v) is 2.74. The van der Waals surface area contributed by atoms with Gasteiger partial charge in [-0.2, -0.15) is 0 Å². The molecule has 0 aromatic carbocycles. The van der Waals surface area contributed by atoms with E-state index in [9.17, 15) is 9.59 Å². The van der Waals surface area contributed by atoms with Gasteiger partial charge in [-0.05, 0) is 51.1 Å². The molecule has 3 N–H and O–H groups in total. The van der Waals surface area contributed by atoms with Gasteiger partial charge >= 0.3 is 12.0 Å². The Balaban J connectivity index is 1.86. The van der Waals surface area contributed by atoms with Crippen molar-refractivity contribution >= 4 is 12.0 Å². The van der Waals surface area contributed by atoms with Crippen LogP contribution in [0.1, 0.15) is 25.7 Å². The lowest BCUT2D eigenvalue weighted by atomic mass is 9.98. The summed E-state index contributed by atoms with van der Waals surface area (Å²) in [7, 11) is 1.91. The fraction of sp³-hybridized carbons (Fsp3) is 0.846. The predicted molar refractivity (Wildman–Crippen MR) is 70.9 cm³/mol. The average molecular weight is 269 g/mol. The van der Waals surface area contributed by atoms with E-state index in [1.807, 2.05) is 7.05 Å². The second-order valence-corrected chi connectivity index (χ2v) is 5.61. The summed E-state index contributed by atoms with van der Waals surface area (Å²) in [6, 6.07) is -0.933. The Hall–Kier alpha value is -1.30. The third kappa shape index (κ3) is 3.83. The molecule has 0 spiro atoms. The molecule has 0 bridgehead atoms. The van der Waals surface area contributed by atoms with E-state index in [1.165, 1.54) is 0 Å². The van der Waals surface area contributed by atoms with Gasteiger partial charge in [0.15, 0.2) is 0 Å². The van der Waals surface area contributed by atoms with Gasteiger partial charge in [-0.15, -0.1) is 0 Å². The molecule has 2 atom stereocenters. The van der Waals surface area contributed by atoms with E-state index in [2.05, 4.69) is 10.6 Å². The Morgan fingerprint density at radius 3 is 2.68 bits per heavy atom. The van der Waals surface area contributed by atoms with Crippen molar-refractivity contribution in [1.82, 2.24) is 15.5 Å². The van der Waals surface area contributed by atoms with E-state index in [-0.39, 0.29) is 11.9 Å². The number of piperidine rings is 1. The number of carboxylic acids is 1. The van der Waals surface area contributed by atoms with Crippen LogP contribution in [0.5, 0.6) is 0 Å². The Kier molecular flexibility index (Phi) is 4.63. The van der Waals surface area contributed by atoms with Crippen molar-refractivity contribution in [1.29, 1.82) is 0 Å². The van der Waals surface area contributed by atoms with E-state index in [4.69, 9.17) is 5.11 Å². The highest BCUT2D eigenvalue weighted by molar-refractivity contribution is 5.83. The van der Waals surface area contributed by atoms with Gasteiger partial charge in [-0.3, -0.25) is 0 Å². The number of carbonyl (C=O) groups excluding carboxylic acids is 1. The predicted octanol–water partition coefficient (Wildman–Crippen LogP) is 0.491. The molecule has 0 radical (unpaired) electrons. The number of carbonyl (C=O) groups is 2. The second kappa shape index (κ2) is 6.23. The maximum absolute atomic E-state index is 12.1. The van der Waals surface area contributed by atoms with Gasteiger partial charge in [-0.25, -0.2) is 9.59 Å². The number of rotatable bonds is 5. The first-order valence-corrected chi connectivity index (χ1v) is 7.04. The number of aliphatic carboxylic acids is 1. The lowest BCUT2D eigenvalue weighted by Gasteiger charge is -2.33. The molecule has 2 unspecified atom stereocenters. The molecule has 2 aliphatic rings. The van der Waals surface area contributed by atoms with Crippen LogP contribution in [0, 0.1) is 11.8 Å². The summed E-state index contributed by atoms with van der Waals surface area (Å²) in [4.78, 5) is 25.0. The van der Waals surface area contributed by atoms with E-state index < -0.39 is 12.0 Å². The average Bonchev–Trinajstić information content (AvgIpc) is 3.20. The van der Waals surface area contributed by atoms with Gasteiger partial charge in [-0.1, -0.05) is 0 Å². The van der Waals surface area contributed by atoms with Crippen molar-refractivity contribution in [2.45, 2.75) is 31.7 Å². The minimum Gasteiger partial charge on any atom is -0.480 e. The molecule has 1 saturated heterocycles. The Bertz CT molecular complexity index is 342. The zero-order valence-electron chi connectivity index (χ0n) is 11.4. The highest BCUT2D eigenvalue weighted by Gasteiger charge is 2.38. The lowest BCUT2D eigenvalue weighted by Crippen LogP contribution is -2.52. The molecule has 6 heteroatoms. The zero-order chi connectivity index (χ0) is 13.8. The van der Waals surface area contributed by atoms with E-state index in [0.29, 0.717) is 12.5 Å². The van der Waals surface area contributed by atoms with E-state index >= 15 is 0 Å². The Morgan fingerprint density at radius 2 is 2.11 bits per heavy atom. The van der Waals surface area contributed by atoms with Crippen LogP contribution in [-0.4, -0.2) is 54.7 Å². The number of hydrogen-bond donors (Lipinski definition) is 3. The first kappa shape index (κ1) is 14.1. The third-order valence-electron chi connectivity index (χ3n) is 3.94. The van der Waals surface area contributed by atoms with Gasteiger partial charge in [0.05, 0.1) is 0 Å². The van der Waals surface area contributed by atoms with E-state index in [0.717, 1.165) is 38.8 Å². The minimum absolute atomic E-state index is 0.124. The number of nitrogens with one attached hydrogen (secondary N) is 2. The maximum Gasteiger partial charge on any atom is 0.326 e. The fourth-order valence-electron chi connectivity index (χ4n) is 2.74. The number of hydrogen-bond acceptors (Lipinski definition) is 3. The van der Waals surface area contributed by atoms with Crippen molar-refractivity contribution in [2.75, 3.05) is 26.7 Å². The largest absolute Gasteiger partial charge is 0.480 e. The molecule has 1 aliphatic heterocycles. The summed E-state index contributed by atoms with van der Waals surface area (Å²) >= 11 is 0. The van der Waals surface area contributed by atoms with Crippen molar-refractivity contribution in [3.63, 3.8) is 0 Å². The molecular formula is C13H23N3O3. The van der Waals surface area contributed by atoms with Crippen molar-refractivity contribution < 1.29 is 14.7 Å². The van der Waals surface area contributed by atoms with Gasteiger partial charge < -0.3 is 20.6 Å². The lowest BCUT2D eigenvalue weighted by molar-refractivity contribution is -0.139. The van der Waals surface area contributed by atoms with Crippen molar-refractivity contribution in [3.05, 3.63) is 0 Å². The SMILES string of the molecule is CNCC1CCCN(C(=O)NC(C(=O)O)C2CC2)C1. The monoisotopic (exact) mass is 269 g/mol. The summed E-state index contributed by atoms with van der Waals surface area (Å²) in [5.74, 6) is -0.326. The molecule has 0 aromatic heterocycles. The summed E-state index contributed by atoms with van der Waals surface area (Å²) in [5.41, 5.74) is 0. The first-order valence-electron chi connectivity index (χ1n) is 7.04. The summed E-state index contributed by atoms with van der Waals surface area (Å²) in [6.45, 7) is 2.33. The van der Waals surface area contributed by atoms with Crippen LogP contribution in [0.15, 0.2) is 0 Å². The highest BCUT2D eigenvalue weighted by Crippen LogP contribution is 2.32. The molecular weight excluding hydrogens is 246 g/mol.